The highest BCUT2D eigenvalue weighted by Gasteiger charge is 2.38. The third kappa shape index (κ3) is 4.12. The molecule has 5 nitrogen and oxygen atoms in total. The van der Waals surface area contributed by atoms with E-state index in [1.165, 1.54) is 9.87 Å². The molecule has 1 saturated carbocycles. The van der Waals surface area contributed by atoms with Gasteiger partial charge in [0.2, 0.25) is 0 Å². The maximum absolute atomic E-state index is 12.8. The fraction of sp³-hybridized carbons (Fsp3) is 0.647. The molecule has 128 valence electrons. The predicted molar refractivity (Wildman–Crippen MR) is 90.3 cm³/mol. The first-order valence-corrected chi connectivity index (χ1v) is 9.78. The molecule has 0 radical (unpaired) electrons. The van der Waals surface area contributed by atoms with Gasteiger partial charge in [0.1, 0.15) is 0 Å². The summed E-state index contributed by atoms with van der Waals surface area (Å²) in [6, 6.07) is 8.01. The van der Waals surface area contributed by atoms with Gasteiger partial charge in [-0.25, -0.2) is 0 Å². The van der Waals surface area contributed by atoms with Crippen molar-refractivity contribution in [1.82, 2.24) is 9.03 Å². The second-order valence-electron chi connectivity index (χ2n) is 6.92. The summed E-state index contributed by atoms with van der Waals surface area (Å²) in [5.74, 6) is 0.406. The van der Waals surface area contributed by atoms with Crippen molar-refractivity contribution in [3.05, 3.63) is 35.4 Å². The lowest BCUT2D eigenvalue weighted by Crippen LogP contribution is -2.52. The fourth-order valence-electron chi connectivity index (χ4n) is 3.20. The first-order valence-electron chi connectivity index (χ1n) is 8.34. The Kier molecular flexibility index (Phi) is 4.78. The Labute approximate surface area is 139 Å². The lowest BCUT2D eigenvalue weighted by molar-refractivity contribution is -0.0444. The van der Waals surface area contributed by atoms with E-state index < -0.39 is 10.2 Å². The Balaban J connectivity index is 1.78. The Morgan fingerprint density at radius 3 is 2.22 bits per heavy atom. The molecule has 1 aromatic rings. The van der Waals surface area contributed by atoms with Crippen molar-refractivity contribution in [1.29, 1.82) is 0 Å². The zero-order valence-electron chi connectivity index (χ0n) is 14.0. The predicted octanol–water partition coefficient (Wildman–Crippen LogP) is 2.39. The van der Waals surface area contributed by atoms with E-state index in [0.29, 0.717) is 19.0 Å². The van der Waals surface area contributed by atoms with E-state index in [0.717, 1.165) is 18.4 Å². The van der Waals surface area contributed by atoms with E-state index in [4.69, 9.17) is 4.74 Å². The normalized spacial score (nSPS) is 27.8. The van der Waals surface area contributed by atoms with Crippen LogP contribution in [0.5, 0.6) is 0 Å². The molecule has 1 aliphatic carbocycles. The highest BCUT2D eigenvalue weighted by atomic mass is 32.2. The van der Waals surface area contributed by atoms with Crippen LogP contribution in [0, 0.1) is 12.8 Å². The van der Waals surface area contributed by atoms with Gasteiger partial charge in [0, 0.05) is 13.1 Å². The summed E-state index contributed by atoms with van der Waals surface area (Å²) in [5.41, 5.74) is 2.23. The van der Waals surface area contributed by atoms with Crippen LogP contribution in [0.25, 0.3) is 0 Å². The minimum Gasteiger partial charge on any atom is -0.373 e. The lowest BCUT2D eigenvalue weighted by atomic mass is 10.0. The maximum atomic E-state index is 12.8. The van der Waals surface area contributed by atoms with Crippen molar-refractivity contribution in [3.63, 3.8) is 0 Å². The number of ether oxygens (including phenoxy) is 1. The topological polar surface area (TPSA) is 58.6 Å². The van der Waals surface area contributed by atoms with E-state index in [-0.39, 0.29) is 18.2 Å². The van der Waals surface area contributed by atoms with Crippen molar-refractivity contribution in [2.24, 2.45) is 5.92 Å². The van der Waals surface area contributed by atoms with Crippen LogP contribution in [0.4, 0.5) is 0 Å². The van der Waals surface area contributed by atoms with Crippen LogP contribution < -0.4 is 4.72 Å². The average Bonchev–Trinajstić information content (AvgIpc) is 3.29. The summed E-state index contributed by atoms with van der Waals surface area (Å²) >= 11 is 0. The molecule has 0 spiro atoms. The third-order valence-corrected chi connectivity index (χ3v) is 6.06. The lowest BCUT2D eigenvalue weighted by Gasteiger charge is -2.35. The molecule has 3 atom stereocenters. The van der Waals surface area contributed by atoms with Gasteiger partial charge < -0.3 is 4.74 Å². The van der Waals surface area contributed by atoms with Crippen molar-refractivity contribution >= 4 is 10.2 Å². The average molecular weight is 338 g/mol. The Bertz CT molecular complexity index is 630. The number of nitrogens with one attached hydrogen (secondary N) is 1. The highest BCUT2D eigenvalue weighted by Crippen LogP contribution is 2.41. The molecule has 1 heterocycles. The van der Waals surface area contributed by atoms with E-state index in [2.05, 4.69) is 4.72 Å². The van der Waals surface area contributed by atoms with Gasteiger partial charge in [-0.05, 0) is 45.1 Å². The number of aryl methyl sites for hydroxylation is 1. The molecule has 0 aromatic heterocycles. The molecule has 0 bridgehead atoms. The number of hydrogen-bond donors (Lipinski definition) is 1. The summed E-state index contributed by atoms with van der Waals surface area (Å²) in [6.45, 7) is 6.68. The second-order valence-corrected chi connectivity index (χ2v) is 8.63. The largest absolute Gasteiger partial charge is 0.373 e. The molecule has 2 aliphatic rings. The molecule has 2 fully saturated rings. The molecule has 1 aromatic carbocycles. The molecule has 1 N–H and O–H groups in total. The van der Waals surface area contributed by atoms with Crippen LogP contribution in [-0.4, -0.2) is 38.0 Å². The quantitative estimate of drug-likeness (QED) is 0.897. The van der Waals surface area contributed by atoms with Crippen LogP contribution >= 0.6 is 0 Å². The zero-order valence-corrected chi connectivity index (χ0v) is 14.8. The molecule has 3 rings (SSSR count). The van der Waals surface area contributed by atoms with Crippen LogP contribution in [0.3, 0.4) is 0 Å². The Hall–Kier alpha value is -0.950. The van der Waals surface area contributed by atoms with Crippen LogP contribution in [0.2, 0.25) is 0 Å². The van der Waals surface area contributed by atoms with Gasteiger partial charge in [0.15, 0.2) is 0 Å². The Morgan fingerprint density at radius 1 is 1.13 bits per heavy atom. The molecule has 0 amide bonds. The molecule has 1 aliphatic heterocycles. The maximum Gasteiger partial charge on any atom is 0.280 e. The van der Waals surface area contributed by atoms with Gasteiger partial charge in [0.05, 0.1) is 18.2 Å². The second kappa shape index (κ2) is 6.51. The van der Waals surface area contributed by atoms with Crippen molar-refractivity contribution in [2.45, 2.75) is 51.9 Å². The minimum absolute atomic E-state index is 0.0749. The number of benzene rings is 1. The van der Waals surface area contributed by atoms with E-state index in [9.17, 15) is 8.42 Å². The molecule has 3 unspecified atom stereocenters. The zero-order chi connectivity index (χ0) is 16.6. The van der Waals surface area contributed by atoms with Gasteiger partial charge in [-0.15, -0.1) is 0 Å². The van der Waals surface area contributed by atoms with E-state index in [1.807, 2.05) is 45.0 Å². The summed E-state index contributed by atoms with van der Waals surface area (Å²) < 4.78 is 35.7. The van der Waals surface area contributed by atoms with Crippen LogP contribution in [0.1, 0.15) is 43.9 Å². The summed E-state index contributed by atoms with van der Waals surface area (Å²) in [6.07, 6.45) is 2.01. The summed E-state index contributed by atoms with van der Waals surface area (Å²) in [5, 5.41) is 0. The van der Waals surface area contributed by atoms with Crippen LogP contribution in [-0.2, 0) is 14.9 Å². The smallest absolute Gasteiger partial charge is 0.280 e. The van der Waals surface area contributed by atoms with E-state index >= 15 is 0 Å². The van der Waals surface area contributed by atoms with Gasteiger partial charge in [0.25, 0.3) is 10.2 Å². The van der Waals surface area contributed by atoms with Crippen molar-refractivity contribution < 1.29 is 13.2 Å². The van der Waals surface area contributed by atoms with E-state index in [1.54, 1.807) is 0 Å². The number of morpholine rings is 1. The molecule has 6 heteroatoms. The molecular weight excluding hydrogens is 312 g/mol. The van der Waals surface area contributed by atoms with Crippen molar-refractivity contribution in [2.75, 3.05) is 13.1 Å². The standard InChI is InChI=1S/C17H26N2O3S/c1-12-4-6-15(7-5-12)17(16-8-9-16)18-23(20,21)19-10-13(2)22-14(3)11-19/h4-7,13-14,16-18H,8-11H2,1-3H3. The van der Waals surface area contributed by atoms with Crippen molar-refractivity contribution in [3.8, 4) is 0 Å². The first-order chi connectivity index (χ1) is 10.8. The first kappa shape index (κ1) is 16.9. The van der Waals surface area contributed by atoms with Gasteiger partial charge >= 0.3 is 0 Å². The number of nitrogens with zero attached hydrogens (tertiary/aromatic N) is 1. The molecule has 1 saturated heterocycles. The minimum atomic E-state index is -3.51. The van der Waals surface area contributed by atoms with Crippen LogP contribution in [0.15, 0.2) is 24.3 Å². The summed E-state index contributed by atoms with van der Waals surface area (Å²) in [4.78, 5) is 0. The fourth-order valence-corrected chi connectivity index (χ4v) is 4.81. The molecule has 23 heavy (non-hydrogen) atoms. The molecular formula is C17H26N2O3S. The SMILES string of the molecule is Cc1ccc(C(NS(=O)(=O)N2CC(C)OC(C)C2)C2CC2)cc1. The number of rotatable bonds is 5. The summed E-state index contributed by atoms with van der Waals surface area (Å²) in [7, 11) is -3.51. The third-order valence-electron chi connectivity index (χ3n) is 4.53. The van der Waals surface area contributed by atoms with Gasteiger partial charge in [-0.2, -0.15) is 17.4 Å². The van der Waals surface area contributed by atoms with Gasteiger partial charge in [-0.3, -0.25) is 0 Å². The monoisotopic (exact) mass is 338 g/mol. The Morgan fingerprint density at radius 2 is 1.70 bits per heavy atom. The van der Waals surface area contributed by atoms with Gasteiger partial charge in [-0.1, -0.05) is 29.8 Å². The highest BCUT2D eigenvalue weighted by molar-refractivity contribution is 7.87. The number of hydrogen-bond acceptors (Lipinski definition) is 3.